The molecule has 0 aliphatic heterocycles. The van der Waals surface area contributed by atoms with Crippen LogP contribution in [0.2, 0.25) is 0 Å². The molecule has 0 saturated heterocycles. The molecule has 1 rings (SSSR count). The topological polar surface area (TPSA) is 58.6 Å². The largest absolute Gasteiger partial charge is 0.508 e. The fraction of sp³-hybridized carbons (Fsp3) is 0.462. The Morgan fingerprint density at radius 3 is 2.71 bits per heavy atom. The maximum atomic E-state index is 11.8. The molecule has 1 aromatic carbocycles. The van der Waals surface area contributed by atoms with E-state index in [2.05, 4.69) is 5.32 Å². The molecule has 0 aromatic heterocycles. The van der Waals surface area contributed by atoms with Crippen molar-refractivity contribution in [3.05, 3.63) is 23.8 Å². The number of hydrogen-bond acceptors (Lipinski definition) is 3. The molecule has 0 heterocycles. The molecule has 0 aliphatic carbocycles. The summed E-state index contributed by atoms with van der Waals surface area (Å²) in [4.78, 5) is 11.8. The number of phenolic OH excluding ortho intramolecular Hbond substituents is 1. The average molecular weight is 237 g/mol. The third-order valence-corrected chi connectivity index (χ3v) is 2.72. The van der Waals surface area contributed by atoms with Crippen LogP contribution in [0.15, 0.2) is 18.2 Å². The van der Waals surface area contributed by atoms with Crippen LogP contribution in [0.4, 0.5) is 5.69 Å². The second-order valence-corrected chi connectivity index (χ2v) is 4.64. The Morgan fingerprint density at radius 2 is 2.12 bits per heavy atom. The third-order valence-electron chi connectivity index (χ3n) is 2.72. The van der Waals surface area contributed by atoms with Gasteiger partial charge in [0.15, 0.2) is 0 Å². The Morgan fingerprint density at radius 1 is 1.47 bits per heavy atom. The first-order chi connectivity index (χ1) is 7.85. The molecule has 0 unspecified atom stereocenters. The molecule has 1 aromatic rings. The van der Waals surface area contributed by atoms with Gasteiger partial charge in [0.05, 0.1) is 12.0 Å². The zero-order chi connectivity index (χ0) is 13.1. The summed E-state index contributed by atoms with van der Waals surface area (Å²) < 4.78 is 5.19. The maximum Gasteiger partial charge on any atom is 0.227 e. The minimum Gasteiger partial charge on any atom is -0.508 e. The van der Waals surface area contributed by atoms with Crippen LogP contribution in [0, 0.1) is 6.92 Å². The second kappa shape index (κ2) is 5.19. The molecule has 4 heteroatoms. The Hall–Kier alpha value is -1.55. The number of carbonyl (C=O) groups is 1. The summed E-state index contributed by atoms with van der Waals surface area (Å²) in [5, 5.41) is 12.3. The predicted octanol–water partition coefficient (Wildman–Crippen LogP) is 2.45. The van der Waals surface area contributed by atoms with Crippen LogP contribution in [0.5, 0.6) is 5.75 Å². The Balaban J connectivity index is 2.72. The molecule has 0 spiro atoms. The van der Waals surface area contributed by atoms with Gasteiger partial charge in [0.25, 0.3) is 0 Å². The lowest BCUT2D eigenvalue weighted by Crippen LogP contribution is -2.29. The Bertz CT molecular complexity index is 413. The van der Waals surface area contributed by atoms with E-state index in [1.54, 1.807) is 32.2 Å². The lowest BCUT2D eigenvalue weighted by Gasteiger charge is -2.22. The lowest BCUT2D eigenvalue weighted by molar-refractivity contribution is -0.121. The van der Waals surface area contributed by atoms with Gasteiger partial charge < -0.3 is 15.2 Å². The third kappa shape index (κ3) is 3.75. The van der Waals surface area contributed by atoms with E-state index in [4.69, 9.17) is 4.74 Å². The van der Waals surface area contributed by atoms with Gasteiger partial charge in [-0.15, -0.1) is 0 Å². The molecular weight excluding hydrogens is 218 g/mol. The van der Waals surface area contributed by atoms with E-state index in [1.807, 2.05) is 13.8 Å². The summed E-state index contributed by atoms with van der Waals surface area (Å²) in [7, 11) is 1.58. The van der Waals surface area contributed by atoms with Gasteiger partial charge in [-0.25, -0.2) is 0 Å². The zero-order valence-electron chi connectivity index (χ0n) is 10.7. The van der Waals surface area contributed by atoms with Gasteiger partial charge in [-0.2, -0.15) is 0 Å². The first-order valence-corrected chi connectivity index (χ1v) is 5.49. The maximum absolute atomic E-state index is 11.8. The fourth-order valence-corrected chi connectivity index (χ4v) is 1.41. The van der Waals surface area contributed by atoms with Crippen molar-refractivity contribution in [3.8, 4) is 5.75 Å². The van der Waals surface area contributed by atoms with E-state index in [-0.39, 0.29) is 18.1 Å². The van der Waals surface area contributed by atoms with Gasteiger partial charge >= 0.3 is 0 Å². The fourth-order valence-electron chi connectivity index (χ4n) is 1.41. The molecule has 17 heavy (non-hydrogen) atoms. The van der Waals surface area contributed by atoms with E-state index < -0.39 is 5.60 Å². The normalized spacial score (nSPS) is 11.3. The molecule has 0 atom stereocenters. The van der Waals surface area contributed by atoms with E-state index in [1.165, 1.54) is 0 Å². The molecule has 0 bridgehead atoms. The Kier molecular flexibility index (Phi) is 4.12. The molecule has 0 saturated carbocycles. The quantitative estimate of drug-likeness (QED) is 0.845. The standard InChI is InChI=1S/C13H19NO3/c1-9-10(6-5-7-11(9)15)14-12(16)8-13(2,3)17-4/h5-7,15H,8H2,1-4H3,(H,14,16). The summed E-state index contributed by atoms with van der Waals surface area (Å²) >= 11 is 0. The number of amides is 1. The van der Waals surface area contributed by atoms with Crippen LogP contribution in [0.25, 0.3) is 0 Å². The molecular formula is C13H19NO3. The van der Waals surface area contributed by atoms with Crippen molar-refractivity contribution in [2.24, 2.45) is 0 Å². The summed E-state index contributed by atoms with van der Waals surface area (Å²) in [6.45, 7) is 5.45. The zero-order valence-corrected chi connectivity index (χ0v) is 10.7. The molecule has 0 aliphatic rings. The number of phenols is 1. The van der Waals surface area contributed by atoms with E-state index in [0.717, 1.165) is 0 Å². The van der Waals surface area contributed by atoms with Crippen LogP contribution in [0.1, 0.15) is 25.8 Å². The van der Waals surface area contributed by atoms with Crippen LogP contribution in [0.3, 0.4) is 0 Å². The first kappa shape index (κ1) is 13.5. The summed E-state index contributed by atoms with van der Waals surface area (Å²) in [5.74, 6) is 0.0411. The molecule has 1 amide bonds. The van der Waals surface area contributed by atoms with Crippen molar-refractivity contribution < 1.29 is 14.6 Å². The molecule has 0 radical (unpaired) electrons. The monoisotopic (exact) mass is 237 g/mol. The van der Waals surface area contributed by atoms with Gasteiger partial charge in [0.2, 0.25) is 5.91 Å². The number of ether oxygens (including phenoxy) is 1. The van der Waals surface area contributed by atoms with Crippen molar-refractivity contribution in [1.29, 1.82) is 0 Å². The van der Waals surface area contributed by atoms with Crippen LogP contribution >= 0.6 is 0 Å². The number of benzene rings is 1. The van der Waals surface area contributed by atoms with Gasteiger partial charge in [0.1, 0.15) is 5.75 Å². The number of nitrogens with one attached hydrogen (secondary N) is 1. The van der Waals surface area contributed by atoms with Crippen molar-refractivity contribution in [3.63, 3.8) is 0 Å². The van der Waals surface area contributed by atoms with Gasteiger partial charge in [0, 0.05) is 18.4 Å². The van der Waals surface area contributed by atoms with Crippen molar-refractivity contribution in [1.82, 2.24) is 0 Å². The van der Waals surface area contributed by atoms with E-state index in [9.17, 15) is 9.90 Å². The van der Waals surface area contributed by atoms with Crippen LogP contribution in [-0.4, -0.2) is 23.7 Å². The summed E-state index contributed by atoms with van der Waals surface area (Å²) in [5.41, 5.74) is 0.799. The average Bonchev–Trinajstić information content (AvgIpc) is 2.24. The van der Waals surface area contributed by atoms with Gasteiger partial charge in [-0.05, 0) is 32.9 Å². The lowest BCUT2D eigenvalue weighted by atomic mass is 10.0. The van der Waals surface area contributed by atoms with E-state index in [0.29, 0.717) is 11.3 Å². The van der Waals surface area contributed by atoms with Crippen LogP contribution in [-0.2, 0) is 9.53 Å². The second-order valence-electron chi connectivity index (χ2n) is 4.64. The smallest absolute Gasteiger partial charge is 0.227 e. The number of rotatable bonds is 4. The van der Waals surface area contributed by atoms with Crippen molar-refractivity contribution in [2.45, 2.75) is 32.8 Å². The highest BCUT2D eigenvalue weighted by Crippen LogP contribution is 2.24. The van der Waals surface area contributed by atoms with E-state index >= 15 is 0 Å². The van der Waals surface area contributed by atoms with Crippen LogP contribution < -0.4 is 5.32 Å². The Labute approximate surface area is 102 Å². The number of anilines is 1. The minimum atomic E-state index is -0.491. The van der Waals surface area contributed by atoms with Crippen molar-refractivity contribution >= 4 is 11.6 Å². The van der Waals surface area contributed by atoms with Gasteiger partial charge in [-0.3, -0.25) is 4.79 Å². The highest BCUT2D eigenvalue weighted by molar-refractivity contribution is 5.92. The number of methoxy groups -OCH3 is 1. The van der Waals surface area contributed by atoms with Gasteiger partial charge in [-0.1, -0.05) is 6.07 Å². The minimum absolute atomic E-state index is 0.134. The highest BCUT2D eigenvalue weighted by Gasteiger charge is 2.21. The predicted molar refractivity (Wildman–Crippen MR) is 67.2 cm³/mol. The van der Waals surface area contributed by atoms with Crippen molar-refractivity contribution in [2.75, 3.05) is 12.4 Å². The SMILES string of the molecule is COC(C)(C)CC(=O)Nc1cccc(O)c1C. The molecule has 0 fully saturated rings. The summed E-state index contributed by atoms with van der Waals surface area (Å²) in [6.07, 6.45) is 0.262. The number of hydrogen-bond donors (Lipinski definition) is 2. The summed E-state index contributed by atoms with van der Waals surface area (Å²) in [6, 6.07) is 5.04. The molecule has 2 N–H and O–H groups in total. The number of carbonyl (C=O) groups excluding carboxylic acids is 1. The first-order valence-electron chi connectivity index (χ1n) is 5.49. The molecule has 94 valence electrons. The number of aromatic hydroxyl groups is 1. The molecule has 4 nitrogen and oxygen atoms in total. The highest BCUT2D eigenvalue weighted by atomic mass is 16.5.